The molecule has 0 spiro atoms. The molecule has 7 nitrogen and oxygen atoms in total. The molecule has 0 bridgehead atoms. The minimum atomic E-state index is -3.58. The zero-order valence-corrected chi connectivity index (χ0v) is 18.1. The van der Waals surface area contributed by atoms with Crippen LogP contribution in [0.2, 0.25) is 0 Å². The third-order valence-corrected chi connectivity index (χ3v) is 7.69. The van der Waals surface area contributed by atoms with Crippen LogP contribution < -0.4 is 9.47 Å². The van der Waals surface area contributed by atoms with Crippen molar-refractivity contribution in [3.8, 4) is 11.5 Å². The number of hydrogen-bond donors (Lipinski definition) is 0. The van der Waals surface area contributed by atoms with Crippen LogP contribution in [0.25, 0.3) is 10.9 Å². The predicted molar refractivity (Wildman–Crippen MR) is 118 cm³/mol. The summed E-state index contributed by atoms with van der Waals surface area (Å²) in [6.45, 7) is 4.11. The molecule has 1 aromatic heterocycles. The Morgan fingerprint density at radius 1 is 0.903 bits per heavy atom. The first kappa shape index (κ1) is 20.2. The standard InChI is InChI=1S/C23H25N3O4S/c27-31(28,20-7-8-21-22(16-20)30-15-3-14-29-21)26-12-10-25(11-13-26)17-19-5-1-4-18-6-2-9-24-23(18)19/h1-2,4-9,16H,3,10-15,17H2. The Morgan fingerprint density at radius 3 is 2.52 bits per heavy atom. The molecule has 0 aliphatic carbocycles. The zero-order chi connectivity index (χ0) is 21.3. The molecule has 31 heavy (non-hydrogen) atoms. The molecule has 3 aromatic rings. The van der Waals surface area contributed by atoms with E-state index in [0.29, 0.717) is 50.9 Å². The summed E-state index contributed by atoms with van der Waals surface area (Å²) in [7, 11) is -3.58. The van der Waals surface area contributed by atoms with Crippen LogP contribution >= 0.6 is 0 Å². The average molecular weight is 440 g/mol. The molecule has 0 atom stereocenters. The number of rotatable bonds is 4. The predicted octanol–water partition coefficient (Wildman–Crippen LogP) is 2.90. The number of piperazine rings is 1. The van der Waals surface area contributed by atoms with E-state index in [1.165, 1.54) is 0 Å². The Kier molecular flexibility index (Phi) is 5.52. The van der Waals surface area contributed by atoms with E-state index in [0.717, 1.165) is 29.4 Å². The first-order valence-corrected chi connectivity index (χ1v) is 12.0. The first-order chi connectivity index (χ1) is 15.1. The number of para-hydroxylation sites is 1. The summed E-state index contributed by atoms with van der Waals surface area (Å²) in [4.78, 5) is 7.06. The van der Waals surface area contributed by atoms with Crippen LogP contribution in [-0.2, 0) is 16.6 Å². The fraction of sp³-hybridized carbons (Fsp3) is 0.348. The summed E-state index contributed by atoms with van der Waals surface area (Å²) in [5.41, 5.74) is 2.17. The Bertz CT molecular complexity index is 1190. The second kappa shape index (κ2) is 8.45. The maximum atomic E-state index is 13.2. The first-order valence-electron chi connectivity index (χ1n) is 10.6. The van der Waals surface area contributed by atoms with Crippen LogP contribution in [0.3, 0.4) is 0 Å². The molecule has 5 rings (SSSR count). The van der Waals surface area contributed by atoms with Crippen LogP contribution in [0.1, 0.15) is 12.0 Å². The van der Waals surface area contributed by atoms with Gasteiger partial charge in [0.1, 0.15) is 0 Å². The van der Waals surface area contributed by atoms with Gasteiger partial charge in [-0.15, -0.1) is 0 Å². The fourth-order valence-corrected chi connectivity index (χ4v) is 5.56. The summed E-state index contributed by atoms with van der Waals surface area (Å²) in [6, 6.07) is 15.1. The highest BCUT2D eigenvalue weighted by Crippen LogP contribution is 2.33. The van der Waals surface area contributed by atoms with Crippen molar-refractivity contribution in [3.05, 3.63) is 60.3 Å². The number of sulfonamides is 1. The maximum absolute atomic E-state index is 13.2. The van der Waals surface area contributed by atoms with Gasteiger partial charge < -0.3 is 9.47 Å². The Balaban J connectivity index is 1.28. The van der Waals surface area contributed by atoms with Crippen molar-refractivity contribution in [3.63, 3.8) is 0 Å². The lowest BCUT2D eigenvalue weighted by molar-refractivity contribution is 0.182. The van der Waals surface area contributed by atoms with Crippen molar-refractivity contribution in [2.45, 2.75) is 17.9 Å². The van der Waals surface area contributed by atoms with E-state index in [2.05, 4.69) is 28.1 Å². The third-order valence-electron chi connectivity index (χ3n) is 5.80. The number of hydrogen-bond acceptors (Lipinski definition) is 6. The van der Waals surface area contributed by atoms with Gasteiger partial charge in [-0.1, -0.05) is 24.3 Å². The number of benzene rings is 2. The lowest BCUT2D eigenvalue weighted by atomic mass is 10.1. The molecule has 1 fully saturated rings. The van der Waals surface area contributed by atoms with Crippen LogP contribution in [0.4, 0.5) is 0 Å². The van der Waals surface area contributed by atoms with Gasteiger partial charge in [-0.3, -0.25) is 9.88 Å². The summed E-state index contributed by atoms with van der Waals surface area (Å²) >= 11 is 0. The van der Waals surface area contributed by atoms with Gasteiger partial charge in [0.05, 0.1) is 23.6 Å². The van der Waals surface area contributed by atoms with E-state index in [1.54, 1.807) is 22.5 Å². The number of fused-ring (bicyclic) bond motifs is 2. The third kappa shape index (κ3) is 4.11. The molecule has 2 aliphatic heterocycles. The van der Waals surface area contributed by atoms with Gasteiger partial charge in [-0.05, 0) is 23.8 Å². The van der Waals surface area contributed by atoms with E-state index in [1.807, 2.05) is 18.3 Å². The van der Waals surface area contributed by atoms with Crippen LogP contribution in [0.15, 0.2) is 59.6 Å². The normalized spacial score (nSPS) is 18.1. The highest BCUT2D eigenvalue weighted by molar-refractivity contribution is 7.89. The molecule has 2 aromatic carbocycles. The van der Waals surface area contributed by atoms with Crippen LogP contribution in [-0.4, -0.2) is 62.0 Å². The molecule has 0 radical (unpaired) electrons. The van der Waals surface area contributed by atoms with E-state index in [9.17, 15) is 8.42 Å². The summed E-state index contributed by atoms with van der Waals surface area (Å²) in [6.07, 6.45) is 2.59. The molecule has 1 saturated heterocycles. The lowest BCUT2D eigenvalue weighted by Gasteiger charge is -2.34. The van der Waals surface area contributed by atoms with Gasteiger partial charge in [0.2, 0.25) is 10.0 Å². The Hall–Kier alpha value is -2.68. The molecule has 162 valence electrons. The van der Waals surface area contributed by atoms with Crippen LogP contribution in [0.5, 0.6) is 11.5 Å². The SMILES string of the molecule is O=S(=O)(c1ccc2c(c1)OCCCO2)N1CCN(Cc2cccc3cccnc23)CC1. The fourth-order valence-electron chi connectivity index (χ4n) is 4.12. The molecule has 3 heterocycles. The van der Waals surface area contributed by atoms with E-state index >= 15 is 0 Å². The number of nitrogens with zero attached hydrogens (tertiary/aromatic N) is 3. The van der Waals surface area contributed by atoms with Crippen molar-refractivity contribution < 1.29 is 17.9 Å². The smallest absolute Gasteiger partial charge is 0.243 e. The lowest BCUT2D eigenvalue weighted by Crippen LogP contribution is -2.48. The molecule has 0 N–H and O–H groups in total. The molecule has 0 saturated carbocycles. The zero-order valence-electron chi connectivity index (χ0n) is 17.2. The highest BCUT2D eigenvalue weighted by atomic mass is 32.2. The number of pyridine rings is 1. The van der Waals surface area contributed by atoms with Gasteiger partial charge in [0.25, 0.3) is 0 Å². The average Bonchev–Trinajstić information content (AvgIpc) is 3.05. The van der Waals surface area contributed by atoms with Crippen molar-refractivity contribution in [2.75, 3.05) is 39.4 Å². The molecule has 8 heteroatoms. The maximum Gasteiger partial charge on any atom is 0.243 e. The summed E-state index contributed by atoms with van der Waals surface area (Å²) < 4.78 is 39.2. The van der Waals surface area contributed by atoms with Crippen LogP contribution in [0, 0.1) is 0 Å². The van der Waals surface area contributed by atoms with Gasteiger partial charge in [-0.25, -0.2) is 8.42 Å². The van der Waals surface area contributed by atoms with Crippen molar-refractivity contribution >= 4 is 20.9 Å². The van der Waals surface area contributed by atoms with Crippen molar-refractivity contribution in [2.24, 2.45) is 0 Å². The monoisotopic (exact) mass is 439 g/mol. The quantitative estimate of drug-likeness (QED) is 0.623. The number of aromatic nitrogens is 1. The van der Waals surface area contributed by atoms with Crippen molar-refractivity contribution in [1.82, 2.24) is 14.2 Å². The summed E-state index contributed by atoms with van der Waals surface area (Å²) in [5.74, 6) is 1.10. The molecule has 0 unspecified atom stereocenters. The minimum absolute atomic E-state index is 0.253. The molecular weight excluding hydrogens is 414 g/mol. The second-order valence-electron chi connectivity index (χ2n) is 7.83. The van der Waals surface area contributed by atoms with E-state index < -0.39 is 10.0 Å². The van der Waals surface area contributed by atoms with Gasteiger partial charge in [0.15, 0.2) is 11.5 Å². The second-order valence-corrected chi connectivity index (χ2v) is 9.77. The molecule has 0 amide bonds. The topological polar surface area (TPSA) is 72.0 Å². The number of ether oxygens (including phenoxy) is 2. The minimum Gasteiger partial charge on any atom is -0.490 e. The van der Waals surface area contributed by atoms with Gasteiger partial charge >= 0.3 is 0 Å². The molecular formula is C23H25N3O4S. The Labute approximate surface area is 182 Å². The summed E-state index contributed by atoms with van der Waals surface area (Å²) in [5, 5.41) is 1.12. The van der Waals surface area contributed by atoms with E-state index in [4.69, 9.17) is 9.47 Å². The van der Waals surface area contributed by atoms with Gasteiger partial charge in [-0.2, -0.15) is 4.31 Å². The molecule has 2 aliphatic rings. The van der Waals surface area contributed by atoms with Gasteiger partial charge in [0, 0.05) is 56.8 Å². The largest absolute Gasteiger partial charge is 0.490 e. The van der Waals surface area contributed by atoms with Crippen molar-refractivity contribution in [1.29, 1.82) is 0 Å². The highest BCUT2D eigenvalue weighted by Gasteiger charge is 2.29. The van der Waals surface area contributed by atoms with E-state index in [-0.39, 0.29) is 4.90 Å². The Morgan fingerprint density at radius 2 is 1.68 bits per heavy atom.